The minimum Gasteiger partial charge on any atom is -0.411 e. The van der Waals surface area contributed by atoms with E-state index in [1.165, 1.54) is 11.8 Å². The van der Waals surface area contributed by atoms with Crippen molar-refractivity contribution in [2.75, 3.05) is 0 Å². The van der Waals surface area contributed by atoms with Crippen molar-refractivity contribution in [3.63, 3.8) is 0 Å². The first-order chi connectivity index (χ1) is 10.4. The van der Waals surface area contributed by atoms with E-state index in [0.717, 1.165) is 0 Å². The first kappa shape index (κ1) is 16.7. The normalized spacial score (nSPS) is 30.5. The maximum absolute atomic E-state index is 12.6. The summed E-state index contributed by atoms with van der Waals surface area (Å²) in [4.78, 5) is 25.1. The predicted octanol–water partition coefficient (Wildman–Crippen LogP) is 3.38. The van der Waals surface area contributed by atoms with Crippen LogP contribution in [0.4, 0.5) is 0 Å². The SMILES string of the molecule is C=CCC(C1C=CC=CC1=NO)C1C(=O)CC(C)(C)SC1=O. The van der Waals surface area contributed by atoms with Crippen LogP contribution in [-0.4, -0.2) is 26.6 Å². The second-order valence-electron chi connectivity index (χ2n) is 6.28. The van der Waals surface area contributed by atoms with Crippen molar-refractivity contribution in [2.45, 2.75) is 31.4 Å². The quantitative estimate of drug-likeness (QED) is 0.373. The molecule has 4 nitrogen and oxygen atoms in total. The van der Waals surface area contributed by atoms with E-state index in [9.17, 15) is 14.8 Å². The van der Waals surface area contributed by atoms with E-state index in [1.807, 2.05) is 26.0 Å². The van der Waals surface area contributed by atoms with E-state index in [-0.39, 0.29) is 27.5 Å². The van der Waals surface area contributed by atoms with Gasteiger partial charge in [0, 0.05) is 17.1 Å². The summed E-state index contributed by atoms with van der Waals surface area (Å²) in [6.45, 7) is 7.57. The number of carbonyl (C=O) groups excluding carboxylic acids is 2. The molecule has 2 aliphatic rings. The lowest BCUT2D eigenvalue weighted by molar-refractivity contribution is -0.132. The van der Waals surface area contributed by atoms with E-state index in [0.29, 0.717) is 18.6 Å². The van der Waals surface area contributed by atoms with E-state index in [1.54, 1.807) is 18.2 Å². The Balaban J connectivity index is 2.34. The van der Waals surface area contributed by atoms with Crippen molar-refractivity contribution >= 4 is 28.4 Å². The molecule has 0 amide bonds. The fourth-order valence-electron chi connectivity index (χ4n) is 3.14. The third kappa shape index (κ3) is 3.40. The maximum atomic E-state index is 12.6. The number of oxime groups is 1. The fraction of sp³-hybridized carbons (Fsp3) is 0.471. The Bertz CT molecular complexity index is 554. The largest absolute Gasteiger partial charge is 0.411 e. The zero-order valence-electron chi connectivity index (χ0n) is 12.9. The van der Waals surface area contributed by atoms with Gasteiger partial charge in [-0.1, -0.05) is 41.2 Å². The van der Waals surface area contributed by atoms with E-state index in [4.69, 9.17) is 0 Å². The monoisotopic (exact) mass is 319 g/mol. The van der Waals surface area contributed by atoms with Crippen molar-refractivity contribution in [2.24, 2.45) is 22.9 Å². The Kier molecular flexibility index (Phi) is 5.06. The van der Waals surface area contributed by atoms with Crippen LogP contribution in [0.15, 0.2) is 42.1 Å². The molecule has 1 N–H and O–H groups in total. The van der Waals surface area contributed by atoms with Crippen molar-refractivity contribution in [3.05, 3.63) is 37.0 Å². The highest BCUT2D eigenvalue weighted by atomic mass is 32.2. The van der Waals surface area contributed by atoms with E-state index in [2.05, 4.69) is 11.7 Å². The van der Waals surface area contributed by atoms with Gasteiger partial charge in [0.05, 0.1) is 11.6 Å². The van der Waals surface area contributed by atoms with Gasteiger partial charge in [-0.3, -0.25) is 9.59 Å². The molecule has 22 heavy (non-hydrogen) atoms. The summed E-state index contributed by atoms with van der Waals surface area (Å²) in [7, 11) is 0. The Morgan fingerprint density at radius 1 is 1.50 bits per heavy atom. The number of rotatable bonds is 4. The van der Waals surface area contributed by atoms with Gasteiger partial charge in [0.15, 0.2) is 5.12 Å². The summed E-state index contributed by atoms with van der Waals surface area (Å²) < 4.78 is -0.348. The van der Waals surface area contributed by atoms with Crippen molar-refractivity contribution in [3.8, 4) is 0 Å². The molecule has 3 unspecified atom stereocenters. The average Bonchev–Trinajstić information content (AvgIpc) is 2.44. The molecule has 1 saturated heterocycles. The minimum atomic E-state index is -0.672. The second-order valence-corrected chi connectivity index (χ2v) is 8.00. The number of carbonyl (C=O) groups is 2. The van der Waals surface area contributed by atoms with Crippen molar-refractivity contribution in [1.29, 1.82) is 0 Å². The molecular weight excluding hydrogens is 298 g/mol. The van der Waals surface area contributed by atoms with Crippen LogP contribution in [0.5, 0.6) is 0 Å². The first-order valence-electron chi connectivity index (χ1n) is 7.33. The Morgan fingerprint density at radius 2 is 2.23 bits per heavy atom. The van der Waals surface area contributed by atoms with Crippen LogP contribution >= 0.6 is 11.8 Å². The molecule has 1 aliphatic carbocycles. The number of ketones is 1. The summed E-state index contributed by atoms with van der Waals surface area (Å²) in [6, 6.07) is 0. The third-order valence-corrected chi connectivity index (χ3v) is 5.21. The van der Waals surface area contributed by atoms with Crippen LogP contribution in [0.2, 0.25) is 0 Å². The topological polar surface area (TPSA) is 66.7 Å². The number of allylic oxidation sites excluding steroid dienone is 5. The molecule has 5 heteroatoms. The third-order valence-electron chi connectivity index (χ3n) is 4.06. The van der Waals surface area contributed by atoms with Crippen LogP contribution < -0.4 is 0 Å². The molecule has 0 saturated carbocycles. The smallest absolute Gasteiger partial charge is 0.200 e. The second kappa shape index (κ2) is 6.65. The number of nitrogens with zero attached hydrogens (tertiary/aromatic N) is 1. The van der Waals surface area contributed by atoms with Crippen molar-refractivity contribution in [1.82, 2.24) is 0 Å². The first-order valence-corrected chi connectivity index (χ1v) is 8.14. The fourth-order valence-corrected chi connectivity index (χ4v) is 4.33. The molecule has 1 fully saturated rings. The van der Waals surface area contributed by atoms with Gasteiger partial charge >= 0.3 is 0 Å². The molecular formula is C17H21NO3S. The lowest BCUT2D eigenvalue weighted by atomic mass is 9.73. The van der Waals surface area contributed by atoms with E-state index < -0.39 is 5.92 Å². The molecule has 1 aliphatic heterocycles. The lowest BCUT2D eigenvalue weighted by Gasteiger charge is -2.37. The number of hydrogen-bond donors (Lipinski definition) is 1. The van der Waals surface area contributed by atoms with Crippen LogP contribution in [0.25, 0.3) is 0 Å². The van der Waals surface area contributed by atoms with E-state index >= 15 is 0 Å². The van der Waals surface area contributed by atoms with Gasteiger partial charge in [0.25, 0.3) is 0 Å². The number of thioether (sulfide) groups is 1. The zero-order valence-corrected chi connectivity index (χ0v) is 13.7. The van der Waals surface area contributed by atoms with Crippen molar-refractivity contribution < 1.29 is 14.8 Å². The number of Topliss-reactive ketones (excluding diaryl/α,β-unsaturated/α-hetero) is 1. The average molecular weight is 319 g/mol. The summed E-state index contributed by atoms with van der Waals surface area (Å²) in [5.41, 5.74) is 0.477. The maximum Gasteiger partial charge on any atom is 0.200 e. The molecule has 0 bridgehead atoms. The highest BCUT2D eigenvalue weighted by molar-refractivity contribution is 8.15. The molecule has 0 aromatic carbocycles. The Labute approximate surface area is 135 Å². The predicted molar refractivity (Wildman–Crippen MR) is 89.1 cm³/mol. The van der Waals surface area contributed by atoms with Gasteiger partial charge in [-0.05, 0) is 32.3 Å². The summed E-state index contributed by atoms with van der Waals surface area (Å²) in [6.07, 6.45) is 9.83. The molecule has 118 valence electrons. The van der Waals surface area contributed by atoms with Crippen LogP contribution in [0.3, 0.4) is 0 Å². The zero-order chi connectivity index (χ0) is 16.3. The standard InChI is InChI=1S/C17H21NO3S/c1-4-7-12(11-8-5-6-9-13(11)18-21)15-14(19)10-17(2,3)22-16(15)20/h4-6,8-9,11-12,15,21H,1,7,10H2,2-3H3. The van der Waals surface area contributed by atoms with Crippen LogP contribution in [-0.2, 0) is 9.59 Å². The molecule has 0 aromatic heterocycles. The Morgan fingerprint density at radius 3 is 2.82 bits per heavy atom. The summed E-state index contributed by atoms with van der Waals surface area (Å²) in [5, 5.41) is 12.4. The number of hydrogen-bond acceptors (Lipinski definition) is 5. The molecule has 1 heterocycles. The molecule has 0 radical (unpaired) electrons. The molecule has 3 atom stereocenters. The lowest BCUT2D eigenvalue weighted by Crippen LogP contribution is -2.43. The van der Waals surface area contributed by atoms with Crippen LogP contribution in [0, 0.1) is 17.8 Å². The van der Waals surface area contributed by atoms with Gasteiger partial charge in [-0.2, -0.15) is 0 Å². The van der Waals surface area contributed by atoms with Gasteiger partial charge in [-0.25, -0.2) is 0 Å². The summed E-state index contributed by atoms with van der Waals surface area (Å²) >= 11 is 1.24. The molecule has 0 aromatic rings. The summed E-state index contributed by atoms with van der Waals surface area (Å²) in [5.74, 6) is -1.21. The van der Waals surface area contributed by atoms with Crippen LogP contribution in [0.1, 0.15) is 26.7 Å². The van der Waals surface area contributed by atoms with Gasteiger partial charge < -0.3 is 5.21 Å². The molecule has 0 spiro atoms. The highest BCUT2D eigenvalue weighted by Gasteiger charge is 2.46. The van der Waals surface area contributed by atoms with Gasteiger partial charge in [-0.15, -0.1) is 6.58 Å². The highest BCUT2D eigenvalue weighted by Crippen LogP contribution is 2.43. The molecule has 2 rings (SSSR count). The van der Waals surface area contributed by atoms with Gasteiger partial charge in [0.2, 0.25) is 0 Å². The Hall–Kier alpha value is -1.62. The minimum absolute atomic E-state index is 0.0270. The van der Waals surface area contributed by atoms with Gasteiger partial charge in [0.1, 0.15) is 5.78 Å².